The lowest BCUT2D eigenvalue weighted by atomic mass is 10.0. The first kappa shape index (κ1) is 31.4. The first-order valence-corrected chi connectivity index (χ1v) is 12.5. The first-order valence-electron chi connectivity index (χ1n) is 11.3. The van der Waals surface area contributed by atoms with Crippen molar-refractivity contribution in [2.24, 2.45) is 0 Å². The van der Waals surface area contributed by atoms with Crippen LogP contribution < -0.4 is 9.47 Å². The number of ether oxygens (including phenoxy) is 2. The molecule has 0 aliphatic heterocycles. The molecule has 14 heteroatoms. The molecule has 3 aromatic rings. The van der Waals surface area contributed by atoms with Crippen LogP contribution in [0.4, 0.5) is 39.5 Å². The van der Waals surface area contributed by atoms with Crippen LogP contribution in [0.25, 0.3) is 0 Å². The summed E-state index contributed by atoms with van der Waals surface area (Å²) in [5.41, 5.74) is -8.13. The Morgan fingerprint density at radius 1 is 0.550 bits per heavy atom. The maximum atomic E-state index is 12.9. The van der Waals surface area contributed by atoms with Gasteiger partial charge in [0, 0.05) is 0 Å². The van der Waals surface area contributed by atoms with E-state index in [0.717, 1.165) is 17.0 Å². The molecule has 0 aromatic heterocycles. The van der Waals surface area contributed by atoms with Gasteiger partial charge >= 0.3 is 18.5 Å². The van der Waals surface area contributed by atoms with Gasteiger partial charge in [-0.25, -0.2) is 0 Å². The predicted molar refractivity (Wildman–Crippen MR) is 126 cm³/mol. The maximum Gasteiger partial charge on any atom is 0.429 e. The summed E-state index contributed by atoms with van der Waals surface area (Å²) >= 11 is 0. The fraction of sp³-hybridized carbons (Fsp3) is 0.308. The van der Waals surface area contributed by atoms with Crippen LogP contribution in [0, 0.1) is 0 Å². The summed E-state index contributed by atoms with van der Waals surface area (Å²) in [6.07, 6.45) is -17.0. The summed E-state index contributed by atoms with van der Waals surface area (Å²) in [4.78, 5) is 2.00. The Morgan fingerprint density at radius 3 is 1.30 bits per heavy atom. The predicted octanol–water partition coefficient (Wildman–Crippen LogP) is 6.71. The zero-order valence-electron chi connectivity index (χ0n) is 20.4. The van der Waals surface area contributed by atoms with E-state index < -0.39 is 53.8 Å². The van der Waals surface area contributed by atoms with Gasteiger partial charge < -0.3 is 19.7 Å². The monoisotopic (exact) mass is 601 g/mol. The summed E-state index contributed by atoms with van der Waals surface area (Å²) < 4.78 is 126. The van der Waals surface area contributed by atoms with Gasteiger partial charge in [-0.15, -0.1) is 0 Å². The van der Waals surface area contributed by atoms with E-state index in [0.29, 0.717) is 16.7 Å². The Hall–Kier alpha value is -3.10. The topological polar surface area (TPSA) is 58.9 Å². The van der Waals surface area contributed by atoms with Crippen LogP contribution in [0.5, 0.6) is 11.5 Å². The van der Waals surface area contributed by atoms with Gasteiger partial charge in [0.1, 0.15) is 24.7 Å². The third kappa shape index (κ3) is 6.96. The summed E-state index contributed by atoms with van der Waals surface area (Å²) in [6.45, 7) is -2.57. The molecule has 4 nitrogen and oxygen atoms in total. The Morgan fingerprint density at radius 2 is 0.925 bits per heavy atom. The maximum absolute atomic E-state index is 12.9. The smallest absolute Gasteiger partial charge is 0.429 e. The quantitative estimate of drug-likeness (QED) is 0.212. The molecular weight excluding hydrogens is 579 g/mol. The number of rotatable bonds is 9. The highest BCUT2D eigenvalue weighted by Gasteiger charge is 2.71. The van der Waals surface area contributed by atoms with Gasteiger partial charge in [-0.2, -0.15) is 39.5 Å². The standard InChI is InChI=1S/C26H22F9O4S/c1-22(36,24(27,28)29)15-38-17-7-11-20(12-8-17)40(19-5-3-2-4-6-19)21-13-9-18(10-14-21)39-16-23(37,25(30,31)32)26(33,34)35/h2-14,36-37H,15-16H2,1H3/q+1. The number of alkyl halides is 9. The van der Waals surface area contributed by atoms with Crippen LogP contribution in [-0.2, 0) is 10.9 Å². The average molecular weight is 602 g/mol. The highest BCUT2D eigenvalue weighted by atomic mass is 32.2. The molecule has 0 saturated heterocycles. The Labute approximate surface area is 225 Å². The second kappa shape index (κ2) is 11.4. The molecule has 0 radical (unpaired) electrons. The molecule has 0 saturated carbocycles. The highest BCUT2D eigenvalue weighted by Crippen LogP contribution is 2.43. The van der Waals surface area contributed by atoms with E-state index in [1.165, 1.54) is 24.3 Å². The lowest BCUT2D eigenvalue weighted by Gasteiger charge is -2.31. The van der Waals surface area contributed by atoms with E-state index in [2.05, 4.69) is 4.74 Å². The van der Waals surface area contributed by atoms with E-state index >= 15 is 0 Å². The molecule has 2 N–H and O–H groups in total. The first-order chi connectivity index (χ1) is 18.4. The van der Waals surface area contributed by atoms with Crippen molar-refractivity contribution in [2.45, 2.75) is 51.3 Å². The fourth-order valence-corrected chi connectivity index (χ4v) is 5.19. The SMILES string of the molecule is CC(O)(COc1ccc([S+](c2ccccc2)c2ccc(OCC(O)(C(F)(F)F)C(F)(F)F)cc2)cc1)C(F)(F)F. The van der Waals surface area contributed by atoms with E-state index in [1.807, 2.05) is 0 Å². The van der Waals surface area contributed by atoms with Crippen molar-refractivity contribution < 1.29 is 59.2 Å². The molecule has 0 spiro atoms. The molecule has 0 fully saturated rings. The van der Waals surface area contributed by atoms with Crippen molar-refractivity contribution in [1.29, 1.82) is 0 Å². The van der Waals surface area contributed by atoms with Crippen LogP contribution >= 0.6 is 0 Å². The minimum atomic E-state index is -6.02. The van der Waals surface area contributed by atoms with Gasteiger partial charge in [0.05, 0.1) is 10.9 Å². The van der Waals surface area contributed by atoms with E-state index in [-0.39, 0.29) is 11.5 Å². The molecular formula is C26H22F9O4S+. The Bertz CT molecular complexity index is 1230. The summed E-state index contributed by atoms with van der Waals surface area (Å²) in [5, 5.41) is 18.8. The van der Waals surface area contributed by atoms with Crippen molar-refractivity contribution >= 4 is 10.9 Å². The van der Waals surface area contributed by atoms with E-state index in [9.17, 15) is 49.7 Å². The molecule has 3 rings (SSSR count). The summed E-state index contributed by atoms with van der Waals surface area (Å²) in [7, 11) is -0.865. The van der Waals surface area contributed by atoms with Gasteiger partial charge in [-0.1, -0.05) is 18.2 Å². The summed E-state index contributed by atoms with van der Waals surface area (Å²) in [5.74, 6) is -0.303. The largest absolute Gasteiger partial charge is 0.490 e. The zero-order valence-corrected chi connectivity index (χ0v) is 21.3. The average Bonchev–Trinajstić information content (AvgIpc) is 2.86. The molecule has 3 aromatic carbocycles. The van der Waals surface area contributed by atoms with Crippen molar-refractivity contribution in [3.8, 4) is 11.5 Å². The fourth-order valence-electron chi connectivity index (χ4n) is 3.13. The number of benzene rings is 3. The Kier molecular flexibility index (Phi) is 8.97. The number of halogens is 9. The molecule has 0 bridgehead atoms. The lowest BCUT2D eigenvalue weighted by Crippen LogP contribution is -2.60. The van der Waals surface area contributed by atoms with Crippen molar-refractivity contribution in [1.82, 2.24) is 0 Å². The van der Waals surface area contributed by atoms with Crippen LogP contribution in [0.2, 0.25) is 0 Å². The zero-order chi connectivity index (χ0) is 30.0. The van der Waals surface area contributed by atoms with Gasteiger partial charge in [-0.3, -0.25) is 0 Å². The van der Waals surface area contributed by atoms with Gasteiger partial charge in [-0.05, 0) is 67.6 Å². The van der Waals surface area contributed by atoms with Gasteiger partial charge in [0.25, 0.3) is 5.60 Å². The molecule has 0 amide bonds. The number of hydrogen-bond acceptors (Lipinski definition) is 4. The molecule has 0 aliphatic rings. The van der Waals surface area contributed by atoms with Crippen molar-refractivity contribution in [3.63, 3.8) is 0 Å². The van der Waals surface area contributed by atoms with Crippen molar-refractivity contribution in [3.05, 3.63) is 78.9 Å². The van der Waals surface area contributed by atoms with E-state index in [1.54, 1.807) is 42.5 Å². The second-order valence-electron chi connectivity index (χ2n) is 8.77. The van der Waals surface area contributed by atoms with Crippen molar-refractivity contribution in [2.75, 3.05) is 13.2 Å². The molecule has 0 aliphatic carbocycles. The molecule has 0 heterocycles. The minimum Gasteiger partial charge on any atom is -0.490 e. The van der Waals surface area contributed by atoms with Crippen LogP contribution in [0.15, 0.2) is 93.5 Å². The Balaban J connectivity index is 1.84. The molecule has 40 heavy (non-hydrogen) atoms. The molecule has 2 atom stereocenters. The minimum absolute atomic E-state index is 0.0513. The summed E-state index contributed by atoms with van der Waals surface area (Å²) in [6, 6.07) is 19.9. The number of hydrogen-bond donors (Lipinski definition) is 2. The molecule has 218 valence electrons. The van der Waals surface area contributed by atoms with Gasteiger partial charge in [0.15, 0.2) is 20.3 Å². The third-order valence-corrected chi connectivity index (χ3v) is 7.84. The van der Waals surface area contributed by atoms with Crippen LogP contribution in [0.1, 0.15) is 6.92 Å². The number of aliphatic hydroxyl groups is 2. The van der Waals surface area contributed by atoms with Crippen LogP contribution in [0.3, 0.4) is 0 Å². The lowest BCUT2D eigenvalue weighted by molar-refractivity contribution is -0.373. The van der Waals surface area contributed by atoms with E-state index in [4.69, 9.17) is 4.74 Å². The second-order valence-corrected chi connectivity index (χ2v) is 10.8. The van der Waals surface area contributed by atoms with Gasteiger partial charge in [0.2, 0.25) is 0 Å². The highest BCUT2D eigenvalue weighted by molar-refractivity contribution is 7.97. The normalized spacial score (nSPS) is 15.3. The third-order valence-electron chi connectivity index (χ3n) is 5.61. The van der Waals surface area contributed by atoms with Crippen LogP contribution in [-0.4, -0.2) is 53.2 Å². The molecule has 2 unspecified atom stereocenters.